The number of sulfonamides is 1. The van der Waals surface area contributed by atoms with Gasteiger partial charge in [0.25, 0.3) is 10.0 Å². The lowest BCUT2D eigenvalue weighted by molar-refractivity contribution is 0.0473. The molecule has 0 fully saturated rings. The van der Waals surface area contributed by atoms with E-state index < -0.39 is 16.0 Å². The topological polar surface area (TPSA) is 72.5 Å². The van der Waals surface area contributed by atoms with Crippen molar-refractivity contribution in [3.05, 3.63) is 95.0 Å². The third-order valence-electron chi connectivity index (χ3n) is 3.69. The molecule has 0 saturated carbocycles. The van der Waals surface area contributed by atoms with Gasteiger partial charge in [0.2, 0.25) is 0 Å². The van der Waals surface area contributed by atoms with Crippen molar-refractivity contribution in [3.8, 4) is 0 Å². The van der Waals surface area contributed by atoms with E-state index in [1.807, 2.05) is 0 Å². The number of nitrogens with one attached hydrogen (secondary N) is 1. The first-order chi connectivity index (χ1) is 12.9. The molecule has 0 spiro atoms. The van der Waals surface area contributed by atoms with E-state index in [4.69, 9.17) is 16.3 Å². The van der Waals surface area contributed by atoms with E-state index in [1.165, 1.54) is 18.2 Å². The summed E-state index contributed by atoms with van der Waals surface area (Å²) in [4.78, 5) is 12.4. The van der Waals surface area contributed by atoms with Crippen molar-refractivity contribution in [2.24, 2.45) is 0 Å². The van der Waals surface area contributed by atoms with Crippen molar-refractivity contribution in [1.82, 2.24) is 0 Å². The van der Waals surface area contributed by atoms with E-state index in [0.29, 0.717) is 5.02 Å². The summed E-state index contributed by atoms with van der Waals surface area (Å²) in [5.74, 6) is -0.550. The van der Waals surface area contributed by atoms with Crippen molar-refractivity contribution in [2.45, 2.75) is 11.5 Å². The van der Waals surface area contributed by atoms with Gasteiger partial charge in [-0.05, 0) is 48.0 Å². The minimum atomic E-state index is -3.73. The summed E-state index contributed by atoms with van der Waals surface area (Å²) in [7, 11) is -3.73. The summed E-state index contributed by atoms with van der Waals surface area (Å²) in [6, 6.07) is 21.1. The molecule has 0 saturated heterocycles. The van der Waals surface area contributed by atoms with Crippen LogP contribution in [-0.2, 0) is 21.4 Å². The number of anilines is 1. The molecule has 0 heterocycles. The number of benzene rings is 3. The molecule has 7 heteroatoms. The highest BCUT2D eigenvalue weighted by Gasteiger charge is 2.15. The molecule has 0 amide bonds. The number of carbonyl (C=O) groups is 1. The summed E-state index contributed by atoms with van der Waals surface area (Å²) in [5.41, 5.74) is 1.32. The van der Waals surface area contributed by atoms with Crippen molar-refractivity contribution < 1.29 is 17.9 Å². The summed E-state index contributed by atoms with van der Waals surface area (Å²) in [6.45, 7) is 0.0932. The van der Waals surface area contributed by atoms with E-state index in [0.717, 1.165) is 5.56 Å². The average molecular weight is 402 g/mol. The van der Waals surface area contributed by atoms with Gasteiger partial charge in [0.15, 0.2) is 0 Å². The fraction of sp³-hybridized carbons (Fsp3) is 0.0500. The first kappa shape index (κ1) is 18.9. The van der Waals surface area contributed by atoms with Gasteiger partial charge in [0.1, 0.15) is 6.61 Å². The van der Waals surface area contributed by atoms with E-state index in [1.54, 1.807) is 60.7 Å². The van der Waals surface area contributed by atoms with Crippen LogP contribution in [0.4, 0.5) is 5.69 Å². The van der Waals surface area contributed by atoms with Crippen molar-refractivity contribution in [1.29, 1.82) is 0 Å². The van der Waals surface area contributed by atoms with Crippen molar-refractivity contribution in [2.75, 3.05) is 4.72 Å². The number of ether oxygens (including phenoxy) is 1. The quantitative estimate of drug-likeness (QED) is 0.617. The normalized spacial score (nSPS) is 11.0. The highest BCUT2D eigenvalue weighted by molar-refractivity contribution is 7.92. The van der Waals surface area contributed by atoms with Crippen LogP contribution in [0.2, 0.25) is 5.02 Å². The van der Waals surface area contributed by atoms with Crippen LogP contribution >= 0.6 is 11.6 Å². The van der Waals surface area contributed by atoms with Gasteiger partial charge in [-0.1, -0.05) is 48.0 Å². The summed E-state index contributed by atoms with van der Waals surface area (Å²) in [6.07, 6.45) is 0. The van der Waals surface area contributed by atoms with Crippen LogP contribution in [0.25, 0.3) is 0 Å². The summed E-state index contributed by atoms with van der Waals surface area (Å²) in [5, 5.41) is 0.600. The molecule has 0 aliphatic heterocycles. The minimum absolute atomic E-state index is 0.0932. The second-order valence-electron chi connectivity index (χ2n) is 5.70. The molecule has 5 nitrogen and oxygen atoms in total. The molecule has 3 rings (SSSR count). The number of esters is 1. The van der Waals surface area contributed by atoms with Crippen LogP contribution in [0, 0.1) is 0 Å². The Hall–Kier alpha value is -2.83. The van der Waals surface area contributed by atoms with Gasteiger partial charge in [-0.2, -0.15) is 0 Å². The Kier molecular flexibility index (Phi) is 5.78. The Morgan fingerprint density at radius 1 is 0.926 bits per heavy atom. The number of carbonyl (C=O) groups excluding carboxylic acids is 1. The maximum absolute atomic E-state index is 12.4. The zero-order valence-electron chi connectivity index (χ0n) is 14.1. The smallest absolute Gasteiger partial charge is 0.338 e. The second-order valence-corrected chi connectivity index (χ2v) is 7.82. The van der Waals surface area contributed by atoms with Gasteiger partial charge >= 0.3 is 5.97 Å². The molecule has 3 aromatic carbocycles. The summed E-state index contributed by atoms with van der Waals surface area (Å²) < 4.78 is 32.5. The lowest BCUT2D eigenvalue weighted by Crippen LogP contribution is -2.13. The van der Waals surface area contributed by atoms with Gasteiger partial charge in [0.05, 0.1) is 10.5 Å². The molecule has 0 atom stereocenters. The van der Waals surface area contributed by atoms with Gasteiger partial charge in [-0.15, -0.1) is 0 Å². The Morgan fingerprint density at radius 2 is 1.63 bits per heavy atom. The molecular weight excluding hydrogens is 386 g/mol. The van der Waals surface area contributed by atoms with Gasteiger partial charge in [-0.3, -0.25) is 4.72 Å². The Labute approximate surface area is 162 Å². The Morgan fingerprint density at radius 3 is 2.33 bits per heavy atom. The van der Waals surface area contributed by atoms with E-state index in [2.05, 4.69) is 4.72 Å². The fourth-order valence-electron chi connectivity index (χ4n) is 2.34. The van der Waals surface area contributed by atoms with Gasteiger partial charge in [-0.25, -0.2) is 13.2 Å². The largest absolute Gasteiger partial charge is 0.457 e. The van der Waals surface area contributed by atoms with Crippen LogP contribution in [0.3, 0.4) is 0 Å². The first-order valence-corrected chi connectivity index (χ1v) is 9.90. The summed E-state index contributed by atoms with van der Waals surface area (Å²) >= 11 is 5.82. The highest BCUT2D eigenvalue weighted by Crippen LogP contribution is 2.18. The molecule has 0 aromatic heterocycles. The molecule has 0 unspecified atom stereocenters. The molecule has 138 valence electrons. The molecule has 0 aliphatic rings. The Balaban J connectivity index is 1.69. The predicted octanol–water partition coefficient (Wildman–Crippen LogP) is 4.50. The fourth-order valence-corrected chi connectivity index (χ4v) is 3.53. The molecule has 0 aliphatic carbocycles. The van der Waals surface area contributed by atoms with E-state index in [9.17, 15) is 13.2 Å². The third kappa shape index (κ3) is 5.09. The zero-order chi connectivity index (χ0) is 19.3. The number of hydrogen-bond donors (Lipinski definition) is 1. The third-order valence-corrected chi connectivity index (χ3v) is 5.34. The molecule has 1 N–H and O–H groups in total. The molecule has 3 aromatic rings. The van der Waals surface area contributed by atoms with E-state index >= 15 is 0 Å². The molecule has 27 heavy (non-hydrogen) atoms. The van der Waals surface area contributed by atoms with Crippen LogP contribution in [0.5, 0.6) is 0 Å². The maximum Gasteiger partial charge on any atom is 0.338 e. The zero-order valence-corrected chi connectivity index (χ0v) is 15.7. The van der Waals surface area contributed by atoms with Crippen molar-refractivity contribution >= 4 is 33.3 Å². The van der Waals surface area contributed by atoms with E-state index in [-0.39, 0.29) is 22.8 Å². The molecular formula is C20H16ClNO4S. The number of hydrogen-bond acceptors (Lipinski definition) is 4. The molecule has 0 radical (unpaired) electrons. The Bertz CT molecular complexity index is 1040. The maximum atomic E-state index is 12.4. The lowest BCUT2D eigenvalue weighted by Gasteiger charge is -2.10. The standard InChI is InChI=1S/C20H16ClNO4S/c21-17-11-9-15(10-12-17)14-26-20(23)16-5-4-6-18(13-16)22-27(24,25)19-7-2-1-3-8-19/h1-13,22H,14H2. The van der Waals surface area contributed by atoms with Gasteiger partial charge < -0.3 is 4.74 Å². The first-order valence-electron chi connectivity index (χ1n) is 8.03. The SMILES string of the molecule is O=C(OCc1ccc(Cl)cc1)c1cccc(NS(=O)(=O)c2ccccc2)c1. The molecule has 0 bridgehead atoms. The van der Waals surface area contributed by atoms with Crippen LogP contribution < -0.4 is 4.72 Å². The van der Waals surface area contributed by atoms with Crippen molar-refractivity contribution in [3.63, 3.8) is 0 Å². The lowest BCUT2D eigenvalue weighted by atomic mass is 10.2. The average Bonchev–Trinajstić information content (AvgIpc) is 2.68. The van der Waals surface area contributed by atoms with Gasteiger partial charge in [0, 0.05) is 10.7 Å². The van der Waals surface area contributed by atoms with Crippen LogP contribution in [0.15, 0.2) is 83.8 Å². The van der Waals surface area contributed by atoms with Crippen LogP contribution in [0.1, 0.15) is 15.9 Å². The second kappa shape index (κ2) is 8.24. The van der Waals surface area contributed by atoms with Crippen LogP contribution in [-0.4, -0.2) is 14.4 Å². The number of halogens is 1. The minimum Gasteiger partial charge on any atom is -0.457 e. The highest BCUT2D eigenvalue weighted by atomic mass is 35.5. The predicted molar refractivity (Wildman–Crippen MR) is 104 cm³/mol. The number of rotatable bonds is 6. The monoisotopic (exact) mass is 401 g/mol.